The number of esters is 1. The van der Waals surface area contributed by atoms with Crippen LogP contribution in [-0.2, 0) is 9.53 Å². The van der Waals surface area contributed by atoms with E-state index in [-0.39, 0.29) is 11.5 Å². The molecule has 1 atom stereocenters. The van der Waals surface area contributed by atoms with Crippen LogP contribution in [0.15, 0.2) is 21.5 Å². The van der Waals surface area contributed by atoms with Crippen molar-refractivity contribution in [3.05, 3.63) is 28.0 Å². The molecule has 0 spiro atoms. The number of halogens is 3. The molecule has 0 aliphatic heterocycles. The van der Waals surface area contributed by atoms with E-state index in [4.69, 9.17) is 16.3 Å². The summed E-state index contributed by atoms with van der Waals surface area (Å²) < 4.78 is 19.1. The van der Waals surface area contributed by atoms with Gasteiger partial charge in [0.1, 0.15) is 11.1 Å². The molecule has 0 N–H and O–H groups in total. The number of carbonyl (C=O) groups is 2. The third-order valence-corrected chi connectivity index (χ3v) is 5.03. The molecule has 1 unspecified atom stereocenters. The number of hydrogen-bond acceptors (Lipinski definition) is 4. The fourth-order valence-corrected chi connectivity index (χ4v) is 3.57. The van der Waals surface area contributed by atoms with E-state index in [2.05, 4.69) is 15.9 Å². The van der Waals surface area contributed by atoms with Crippen molar-refractivity contribution in [2.75, 3.05) is 6.61 Å². The summed E-state index contributed by atoms with van der Waals surface area (Å²) >= 11 is 9.81. The first-order valence-electron chi connectivity index (χ1n) is 6.42. The van der Waals surface area contributed by atoms with Gasteiger partial charge in [-0.25, -0.2) is 4.39 Å². The summed E-state index contributed by atoms with van der Waals surface area (Å²) in [6.07, 6.45) is 1.42. The molecule has 0 aliphatic rings. The molecular weight excluding hydrogens is 383 g/mol. The normalized spacial score (nSPS) is 12.0. The largest absolute Gasteiger partial charge is 0.465 e. The van der Waals surface area contributed by atoms with Gasteiger partial charge in [-0.1, -0.05) is 13.3 Å². The van der Waals surface area contributed by atoms with Crippen LogP contribution in [0.1, 0.15) is 37.0 Å². The Hall–Kier alpha value is -0.590. The fourth-order valence-electron chi connectivity index (χ4n) is 1.65. The van der Waals surface area contributed by atoms with Crippen LogP contribution in [-0.4, -0.2) is 23.1 Å². The molecule has 1 aromatic carbocycles. The summed E-state index contributed by atoms with van der Waals surface area (Å²) in [6, 6.07) is 2.52. The number of benzene rings is 1. The second kappa shape index (κ2) is 8.76. The molecule has 116 valence electrons. The average molecular weight is 398 g/mol. The summed E-state index contributed by atoms with van der Waals surface area (Å²) in [5.74, 6) is -1.02. The average Bonchev–Trinajstić information content (AvgIpc) is 2.40. The molecule has 0 radical (unpaired) electrons. The highest BCUT2D eigenvalue weighted by Crippen LogP contribution is 2.35. The minimum absolute atomic E-state index is 0.207. The van der Waals surface area contributed by atoms with Crippen molar-refractivity contribution in [3.8, 4) is 0 Å². The first-order chi connectivity index (χ1) is 9.90. The number of hydrogen-bond donors (Lipinski definition) is 0. The van der Waals surface area contributed by atoms with Gasteiger partial charge in [0.25, 0.3) is 5.24 Å². The topological polar surface area (TPSA) is 43.4 Å². The lowest BCUT2D eigenvalue weighted by Gasteiger charge is -2.15. The van der Waals surface area contributed by atoms with E-state index in [1.54, 1.807) is 6.92 Å². The first-order valence-corrected chi connectivity index (χ1v) is 8.47. The molecular formula is C14H15BrClFO3S. The third kappa shape index (κ3) is 5.27. The fraction of sp³-hybridized carbons (Fsp3) is 0.429. The van der Waals surface area contributed by atoms with E-state index in [0.717, 1.165) is 6.42 Å². The second-order valence-corrected chi connectivity index (χ2v) is 6.63. The van der Waals surface area contributed by atoms with Crippen LogP contribution >= 0.6 is 39.3 Å². The van der Waals surface area contributed by atoms with Crippen molar-refractivity contribution in [1.82, 2.24) is 0 Å². The van der Waals surface area contributed by atoms with Crippen molar-refractivity contribution in [2.45, 2.75) is 36.8 Å². The summed E-state index contributed by atoms with van der Waals surface area (Å²) in [5, 5.41) is -1.28. The molecule has 0 fully saturated rings. The molecule has 1 rings (SSSR count). The van der Waals surface area contributed by atoms with Gasteiger partial charge in [-0.05, 0) is 53.0 Å². The van der Waals surface area contributed by atoms with Crippen LogP contribution < -0.4 is 0 Å². The molecule has 0 bridgehead atoms. The molecule has 0 heterocycles. The lowest BCUT2D eigenvalue weighted by Crippen LogP contribution is -2.20. The summed E-state index contributed by atoms with van der Waals surface area (Å²) in [5.41, 5.74) is -0.207. The third-order valence-electron chi connectivity index (χ3n) is 2.60. The quantitative estimate of drug-likeness (QED) is 0.377. The zero-order valence-corrected chi connectivity index (χ0v) is 14.8. The van der Waals surface area contributed by atoms with Gasteiger partial charge in [0.15, 0.2) is 0 Å². The Morgan fingerprint density at radius 3 is 2.62 bits per heavy atom. The van der Waals surface area contributed by atoms with Gasteiger partial charge < -0.3 is 4.74 Å². The highest BCUT2D eigenvalue weighted by atomic mass is 79.9. The minimum Gasteiger partial charge on any atom is -0.465 e. The van der Waals surface area contributed by atoms with Gasteiger partial charge in [-0.15, -0.1) is 11.8 Å². The van der Waals surface area contributed by atoms with Gasteiger partial charge >= 0.3 is 5.97 Å². The predicted molar refractivity (Wildman–Crippen MR) is 85.5 cm³/mol. The second-order valence-electron chi connectivity index (χ2n) is 4.18. The molecule has 0 saturated heterocycles. The number of ether oxygens (including phenoxy) is 1. The predicted octanol–water partition coefficient (Wildman–Crippen LogP) is 4.79. The zero-order valence-electron chi connectivity index (χ0n) is 11.6. The molecule has 7 heteroatoms. The van der Waals surface area contributed by atoms with Gasteiger partial charge in [0.05, 0.1) is 12.2 Å². The Labute approximate surface area is 140 Å². The van der Waals surface area contributed by atoms with Gasteiger partial charge in [0.2, 0.25) is 0 Å². The summed E-state index contributed by atoms with van der Waals surface area (Å²) in [7, 11) is 0. The van der Waals surface area contributed by atoms with Crippen molar-refractivity contribution in [2.24, 2.45) is 0 Å². The van der Waals surface area contributed by atoms with Crippen LogP contribution in [0.5, 0.6) is 0 Å². The van der Waals surface area contributed by atoms with E-state index in [9.17, 15) is 14.0 Å². The van der Waals surface area contributed by atoms with Gasteiger partial charge in [-0.3, -0.25) is 9.59 Å². The zero-order chi connectivity index (χ0) is 16.0. The minimum atomic E-state index is -0.870. The SMILES string of the molecule is CCCC(Sc1cc(C(=O)Cl)c(F)cc1Br)C(=O)OCC. The van der Waals surface area contributed by atoms with E-state index < -0.39 is 16.3 Å². The van der Waals surface area contributed by atoms with Crippen LogP contribution in [0.2, 0.25) is 0 Å². The number of rotatable bonds is 7. The molecule has 0 aromatic heterocycles. The number of carbonyl (C=O) groups excluding carboxylic acids is 2. The highest BCUT2D eigenvalue weighted by molar-refractivity contribution is 9.10. The van der Waals surface area contributed by atoms with E-state index >= 15 is 0 Å². The van der Waals surface area contributed by atoms with Crippen molar-refractivity contribution in [3.63, 3.8) is 0 Å². The van der Waals surface area contributed by atoms with Crippen LogP contribution in [0, 0.1) is 5.82 Å². The van der Waals surface area contributed by atoms with Crippen molar-refractivity contribution < 1.29 is 18.7 Å². The van der Waals surface area contributed by atoms with Crippen molar-refractivity contribution >= 4 is 50.5 Å². The summed E-state index contributed by atoms with van der Waals surface area (Å²) in [6.45, 7) is 4.00. The Morgan fingerprint density at radius 2 is 2.10 bits per heavy atom. The van der Waals surface area contributed by atoms with E-state index in [1.165, 1.54) is 23.9 Å². The highest BCUT2D eigenvalue weighted by Gasteiger charge is 2.23. The van der Waals surface area contributed by atoms with Crippen LogP contribution in [0.25, 0.3) is 0 Å². The maximum atomic E-state index is 13.6. The summed E-state index contributed by atoms with van der Waals surface area (Å²) in [4.78, 5) is 23.7. The molecule has 21 heavy (non-hydrogen) atoms. The van der Waals surface area contributed by atoms with E-state index in [1.807, 2.05) is 6.92 Å². The van der Waals surface area contributed by atoms with E-state index in [0.29, 0.717) is 22.4 Å². The van der Waals surface area contributed by atoms with Crippen LogP contribution in [0.3, 0.4) is 0 Å². The smallest absolute Gasteiger partial charge is 0.319 e. The van der Waals surface area contributed by atoms with Crippen molar-refractivity contribution in [1.29, 1.82) is 0 Å². The Kier molecular flexibility index (Phi) is 7.70. The maximum absolute atomic E-state index is 13.6. The van der Waals surface area contributed by atoms with Gasteiger partial charge in [0, 0.05) is 9.37 Å². The molecule has 1 aromatic rings. The molecule has 0 aliphatic carbocycles. The van der Waals surface area contributed by atoms with Gasteiger partial charge in [-0.2, -0.15) is 0 Å². The molecule has 0 amide bonds. The Morgan fingerprint density at radius 1 is 1.43 bits per heavy atom. The monoisotopic (exact) mass is 396 g/mol. The molecule has 3 nitrogen and oxygen atoms in total. The molecule has 0 saturated carbocycles. The first kappa shape index (κ1) is 18.5. The Bertz CT molecular complexity index is 539. The standard InChI is InChI=1S/C14H15BrClFO3S/c1-3-5-11(14(19)20-4-2)21-12-6-8(13(16)18)10(17)7-9(12)15/h6-7,11H,3-5H2,1-2H3. The Balaban J connectivity index is 3.05. The van der Waals surface area contributed by atoms with Crippen LogP contribution in [0.4, 0.5) is 4.39 Å². The maximum Gasteiger partial charge on any atom is 0.319 e. The lowest BCUT2D eigenvalue weighted by molar-refractivity contribution is -0.142. The lowest BCUT2D eigenvalue weighted by atomic mass is 10.2. The number of thioether (sulfide) groups is 1.